The van der Waals surface area contributed by atoms with Crippen molar-refractivity contribution >= 4 is 33.2 Å². The number of aromatic nitrogens is 3. The molecule has 0 aliphatic rings. The summed E-state index contributed by atoms with van der Waals surface area (Å²) in [5.74, 6) is -3.31. The smallest absolute Gasteiger partial charge is 0.251 e. The van der Waals surface area contributed by atoms with Gasteiger partial charge in [-0.15, -0.1) is 16.4 Å². The normalized spacial score (nSPS) is 12.0. The lowest BCUT2D eigenvalue weighted by Gasteiger charge is -2.15. The predicted octanol–water partition coefficient (Wildman–Crippen LogP) is 3.38. The quantitative estimate of drug-likeness (QED) is 0.270. The average molecular weight is 471 g/mol. The number of thiophene rings is 1. The van der Waals surface area contributed by atoms with Crippen molar-refractivity contribution in [3.8, 4) is 0 Å². The first-order valence-corrected chi connectivity index (χ1v) is 10.8. The Morgan fingerprint density at radius 1 is 1.15 bits per heavy atom. The van der Waals surface area contributed by atoms with E-state index in [1.807, 2.05) is 29.6 Å². The molecule has 0 unspecified atom stereocenters. The molecule has 0 spiro atoms. The molecule has 0 aliphatic heterocycles. The van der Waals surface area contributed by atoms with E-state index in [4.69, 9.17) is 5.21 Å². The summed E-state index contributed by atoms with van der Waals surface area (Å²) in [4.78, 5) is 24.1. The number of halogens is 2. The van der Waals surface area contributed by atoms with Crippen LogP contribution in [0.5, 0.6) is 0 Å². The molecule has 2 aromatic carbocycles. The summed E-state index contributed by atoms with van der Waals surface area (Å²) in [5, 5.41) is 22.8. The van der Waals surface area contributed by atoms with Gasteiger partial charge in [0.25, 0.3) is 5.91 Å². The van der Waals surface area contributed by atoms with E-state index in [1.54, 1.807) is 23.0 Å². The van der Waals surface area contributed by atoms with Gasteiger partial charge in [0.05, 0.1) is 25.2 Å². The van der Waals surface area contributed by atoms with E-state index < -0.39 is 29.5 Å². The number of nitrogens with one attached hydrogen (secondary N) is 2. The Labute approximate surface area is 190 Å². The number of hydrogen-bond donors (Lipinski definition) is 3. The third kappa shape index (κ3) is 5.21. The summed E-state index contributed by atoms with van der Waals surface area (Å²) >= 11 is 1.60. The highest BCUT2D eigenvalue weighted by molar-refractivity contribution is 7.17. The number of hydrogen-bond acceptors (Lipinski definition) is 6. The molecule has 0 fully saturated rings. The summed E-state index contributed by atoms with van der Waals surface area (Å²) in [5.41, 5.74) is 3.07. The van der Waals surface area contributed by atoms with Crippen LogP contribution in [-0.2, 0) is 17.8 Å². The van der Waals surface area contributed by atoms with Gasteiger partial charge in [-0.1, -0.05) is 23.4 Å². The first kappa shape index (κ1) is 22.5. The molecule has 11 heteroatoms. The molecule has 2 amide bonds. The third-order valence-electron chi connectivity index (χ3n) is 5.11. The zero-order chi connectivity index (χ0) is 23.4. The van der Waals surface area contributed by atoms with Crippen LogP contribution in [0.1, 0.15) is 34.1 Å². The highest BCUT2D eigenvalue weighted by Gasteiger charge is 2.20. The van der Waals surface area contributed by atoms with E-state index >= 15 is 0 Å². The summed E-state index contributed by atoms with van der Waals surface area (Å²) < 4.78 is 29.0. The van der Waals surface area contributed by atoms with Crippen LogP contribution in [0.2, 0.25) is 0 Å². The van der Waals surface area contributed by atoms with Crippen molar-refractivity contribution in [2.24, 2.45) is 0 Å². The Morgan fingerprint density at radius 3 is 2.76 bits per heavy atom. The average Bonchev–Trinajstić information content (AvgIpc) is 3.46. The summed E-state index contributed by atoms with van der Waals surface area (Å²) in [7, 11) is 0. The Bertz CT molecular complexity index is 1310. The Morgan fingerprint density at radius 2 is 1.97 bits per heavy atom. The number of rotatable bonds is 8. The summed E-state index contributed by atoms with van der Waals surface area (Å²) in [6.07, 6.45) is 2.03. The molecule has 2 aromatic heterocycles. The number of hydroxylamine groups is 1. The van der Waals surface area contributed by atoms with Crippen LogP contribution in [0, 0.1) is 11.6 Å². The van der Waals surface area contributed by atoms with Crippen LogP contribution in [0.15, 0.2) is 54.0 Å². The highest BCUT2D eigenvalue weighted by atomic mass is 32.1. The van der Waals surface area contributed by atoms with Gasteiger partial charge in [-0.25, -0.2) is 18.9 Å². The molecule has 33 heavy (non-hydrogen) atoms. The number of amides is 2. The molecule has 3 N–H and O–H groups in total. The van der Waals surface area contributed by atoms with Crippen molar-refractivity contribution in [3.63, 3.8) is 0 Å². The molecule has 0 saturated heterocycles. The van der Waals surface area contributed by atoms with E-state index in [-0.39, 0.29) is 18.5 Å². The first-order valence-electron chi connectivity index (χ1n) is 9.96. The van der Waals surface area contributed by atoms with Crippen LogP contribution in [-0.4, -0.2) is 32.0 Å². The number of carbonyl (C=O) groups is 2. The van der Waals surface area contributed by atoms with E-state index in [1.165, 1.54) is 10.7 Å². The molecule has 1 atom stereocenters. The molecule has 0 saturated carbocycles. The van der Waals surface area contributed by atoms with E-state index in [2.05, 4.69) is 15.6 Å². The lowest BCUT2D eigenvalue weighted by atomic mass is 10.0. The lowest BCUT2D eigenvalue weighted by molar-refractivity contribution is -0.130. The van der Waals surface area contributed by atoms with Crippen LogP contribution in [0.4, 0.5) is 8.78 Å². The second-order valence-electron chi connectivity index (χ2n) is 7.36. The fraction of sp³-hybridized carbons (Fsp3) is 0.182. The summed E-state index contributed by atoms with van der Waals surface area (Å²) in [6, 6.07) is 10.4. The maximum Gasteiger partial charge on any atom is 0.251 e. The molecule has 2 heterocycles. The van der Waals surface area contributed by atoms with Gasteiger partial charge in [0.1, 0.15) is 5.69 Å². The zero-order valence-electron chi connectivity index (χ0n) is 17.2. The van der Waals surface area contributed by atoms with Crippen molar-refractivity contribution in [2.45, 2.75) is 25.4 Å². The van der Waals surface area contributed by atoms with Crippen LogP contribution in [0.3, 0.4) is 0 Å². The molecular formula is C22H19F2N5O3S. The largest absolute Gasteiger partial charge is 0.346 e. The van der Waals surface area contributed by atoms with Crippen molar-refractivity contribution in [1.82, 2.24) is 25.8 Å². The Kier molecular flexibility index (Phi) is 6.71. The molecule has 0 aliphatic carbocycles. The monoisotopic (exact) mass is 471 g/mol. The maximum absolute atomic E-state index is 13.4. The number of fused-ring (bicyclic) bond motifs is 1. The van der Waals surface area contributed by atoms with Crippen LogP contribution < -0.4 is 10.8 Å². The number of nitrogens with zero attached hydrogens (tertiary/aromatic N) is 3. The van der Waals surface area contributed by atoms with Gasteiger partial charge in [-0.2, -0.15) is 0 Å². The van der Waals surface area contributed by atoms with E-state index in [0.717, 1.165) is 27.8 Å². The number of carbonyl (C=O) groups excluding carboxylic acids is 2. The number of benzene rings is 2. The zero-order valence-corrected chi connectivity index (χ0v) is 18.0. The SMILES string of the molecule is O=C(C[C@@H](Cc1csc2ccccc12)n1cc(CNC(=O)c2ccc(F)c(F)c2)nn1)NO. The van der Waals surface area contributed by atoms with Gasteiger partial charge >= 0.3 is 0 Å². The van der Waals surface area contributed by atoms with Crippen molar-refractivity contribution < 1.29 is 23.6 Å². The van der Waals surface area contributed by atoms with E-state index in [0.29, 0.717) is 12.1 Å². The highest BCUT2D eigenvalue weighted by Crippen LogP contribution is 2.29. The van der Waals surface area contributed by atoms with Crippen molar-refractivity contribution in [1.29, 1.82) is 0 Å². The van der Waals surface area contributed by atoms with Gasteiger partial charge in [-0.05, 0) is 47.0 Å². The van der Waals surface area contributed by atoms with Gasteiger partial charge in [0.15, 0.2) is 11.6 Å². The molecule has 0 bridgehead atoms. The third-order valence-corrected chi connectivity index (χ3v) is 6.12. The molecular weight excluding hydrogens is 452 g/mol. The van der Waals surface area contributed by atoms with Crippen LogP contribution >= 0.6 is 11.3 Å². The minimum atomic E-state index is -1.11. The van der Waals surface area contributed by atoms with E-state index in [9.17, 15) is 18.4 Å². The molecule has 4 aromatic rings. The van der Waals surface area contributed by atoms with Gasteiger partial charge < -0.3 is 5.32 Å². The topological polar surface area (TPSA) is 109 Å². The second-order valence-corrected chi connectivity index (χ2v) is 8.27. The molecule has 4 rings (SSSR count). The molecule has 170 valence electrons. The minimum absolute atomic E-state index is 0.00186. The first-order chi connectivity index (χ1) is 15.9. The molecule has 8 nitrogen and oxygen atoms in total. The lowest BCUT2D eigenvalue weighted by Crippen LogP contribution is -2.25. The fourth-order valence-corrected chi connectivity index (χ4v) is 4.42. The summed E-state index contributed by atoms with van der Waals surface area (Å²) in [6.45, 7) is -0.00186. The van der Waals surface area contributed by atoms with Gasteiger partial charge in [0, 0.05) is 10.3 Å². The van der Waals surface area contributed by atoms with Gasteiger partial charge in [0.2, 0.25) is 5.91 Å². The second kappa shape index (κ2) is 9.84. The standard InChI is InChI=1S/C22H19F2N5O3S/c23-18-6-5-13(8-19(18)24)22(31)25-10-15-11-29(28-26-15)16(9-21(30)27-32)7-14-12-33-20-4-2-1-3-17(14)20/h1-6,8,11-12,16,32H,7,9-10H2,(H,25,31)(H,27,30)/t16-/m1/s1. The Balaban J connectivity index is 1.48. The van der Waals surface area contributed by atoms with Crippen molar-refractivity contribution in [3.05, 3.63) is 82.5 Å². The Hall–Kier alpha value is -3.70. The van der Waals surface area contributed by atoms with Crippen molar-refractivity contribution in [2.75, 3.05) is 0 Å². The van der Waals surface area contributed by atoms with Crippen LogP contribution in [0.25, 0.3) is 10.1 Å². The van der Waals surface area contributed by atoms with Gasteiger partial charge in [-0.3, -0.25) is 14.8 Å². The fourth-order valence-electron chi connectivity index (χ4n) is 3.45. The minimum Gasteiger partial charge on any atom is -0.346 e. The predicted molar refractivity (Wildman–Crippen MR) is 117 cm³/mol. The maximum atomic E-state index is 13.4. The molecule has 0 radical (unpaired) electrons.